The van der Waals surface area contributed by atoms with Crippen molar-refractivity contribution < 1.29 is 24.2 Å². The second kappa shape index (κ2) is 11.4. The van der Waals surface area contributed by atoms with Crippen molar-refractivity contribution in [2.24, 2.45) is 0 Å². The van der Waals surface area contributed by atoms with Crippen molar-refractivity contribution in [3.8, 4) is 11.1 Å². The Bertz CT molecular complexity index is 948. The molecule has 0 aliphatic heterocycles. The van der Waals surface area contributed by atoms with Crippen LogP contribution in [0, 0.1) is 0 Å². The molecule has 0 saturated heterocycles. The number of thioether (sulfide) groups is 1. The molecule has 1 atom stereocenters. The first-order valence-electron chi connectivity index (χ1n) is 10.3. The van der Waals surface area contributed by atoms with Gasteiger partial charge in [-0.3, -0.25) is 9.59 Å². The standard InChI is InChI=1S/C24H26N2O5S/c1-2-7-21(23(29)25-12-13-32-15-22(27)28)26-24(30)31-14-20-18-10-5-3-8-16(18)17-9-4-6-11-19(17)20/h2-6,8-11,20-21H,1,7,12-15H2,(H,25,29)(H,26,30)(H,27,28). The summed E-state index contributed by atoms with van der Waals surface area (Å²) in [5, 5.41) is 13.9. The highest BCUT2D eigenvalue weighted by Crippen LogP contribution is 2.44. The van der Waals surface area contributed by atoms with E-state index in [1.54, 1.807) is 6.08 Å². The van der Waals surface area contributed by atoms with E-state index in [9.17, 15) is 14.4 Å². The van der Waals surface area contributed by atoms with E-state index < -0.39 is 18.1 Å². The Labute approximate surface area is 191 Å². The van der Waals surface area contributed by atoms with Gasteiger partial charge in [0.15, 0.2) is 0 Å². The second-order valence-electron chi connectivity index (χ2n) is 7.28. The number of carboxylic acids is 1. The van der Waals surface area contributed by atoms with Gasteiger partial charge >= 0.3 is 12.1 Å². The summed E-state index contributed by atoms with van der Waals surface area (Å²) in [7, 11) is 0. The molecular weight excluding hydrogens is 428 g/mol. The van der Waals surface area contributed by atoms with Crippen LogP contribution in [0.15, 0.2) is 61.2 Å². The van der Waals surface area contributed by atoms with E-state index in [0.29, 0.717) is 12.3 Å². The van der Waals surface area contributed by atoms with Crippen LogP contribution in [0.4, 0.5) is 4.79 Å². The largest absolute Gasteiger partial charge is 0.481 e. The molecule has 2 aromatic carbocycles. The van der Waals surface area contributed by atoms with Gasteiger partial charge in [-0.15, -0.1) is 18.3 Å². The third-order valence-electron chi connectivity index (χ3n) is 5.13. The number of rotatable bonds is 11. The Hall–Kier alpha value is -3.26. The molecule has 7 nitrogen and oxygen atoms in total. The van der Waals surface area contributed by atoms with Crippen LogP contribution in [-0.2, 0) is 14.3 Å². The summed E-state index contributed by atoms with van der Waals surface area (Å²) in [6, 6.07) is 15.3. The number of benzene rings is 2. The number of carbonyl (C=O) groups excluding carboxylic acids is 2. The summed E-state index contributed by atoms with van der Waals surface area (Å²) in [5.41, 5.74) is 4.50. The molecule has 1 unspecified atom stereocenters. The van der Waals surface area contributed by atoms with Crippen molar-refractivity contribution in [3.63, 3.8) is 0 Å². The average Bonchev–Trinajstić information content (AvgIpc) is 3.10. The summed E-state index contributed by atoms with van der Waals surface area (Å²) in [4.78, 5) is 35.4. The van der Waals surface area contributed by atoms with Crippen molar-refractivity contribution >= 4 is 29.7 Å². The zero-order valence-electron chi connectivity index (χ0n) is 17.6. The maximum Gasteiger partial charge on any atom is 0.407 e. The Kier molecular flexibility index (Phi) is 8.33. The van der Waals surface area contributed by atoms with E-state index in [1.165, 1.54) is 11.8 Å². The van der Waals surface area contributed by atoms with E-state index in [-0.39, 0.29) is 30.6 Å². The third-order valence-corrected chi connectivity index (χ3v) is 6.07. The van der Waals surface area contributed by atoms with E-state index in [2.05, 4.69) is 29.3 Å². The highest BCUT2D eigenvalue weighted by Gasteiger charge is 2.29. The van der Waals surface area contributed by atoms with Gasteiger partial charge in [0.2, 0.25) is 5.91 Å². The normalized spacial score (nSPS) is 12.9. The van der Waals surface area contributed by atoms with Gasteiger partial charge < -0.3 is 20.5 Å². The van der Waals surface area contributed by atoms with Gasteiger partial charge in [-0.05, 0) is 28.7 Å². The molecule has 8 heteroatoms. The first kappa shape index (κ1) is 23.4. The van der Waals surface area contributed by atoms with E-state index in [4.69, 9.17) is 9.84 Å². The van der Waals surface area contributed by atoms with Crippen LogP contribution in [-0.4, -0.2) is 53.8 Å². The summed E-state index contributed by atoms with van der Waals surface area (Å²) >= 11 is 1.21. The second-order valence-corrected chi connectivity index (χ2v) is 8.39. The number of aliphatic carboxylic acids is 1. The van der Waals surface area contributed by atoms with Gasteiger partial charge in [0, 0.05) is 18.2 Å². The Balaban J connectivity index is 1.54. The summed E-state index contributed by atoms with van der Waals surface area (Å²) in [6.45, 7) is 4.10. The quantitative estimate of drug-likeness (QED) is 0.355. The fourth-order valence-corrected chi connectivity index (χ4v) is 4.27. The number of fused-ring (bicyclic) bond motifs is 3. The van der Waals surface area contributed by atoms with Gasteiger partial charge in [-0.1, -0.05) is 54.6 Å². The van der Waals surface area contributed by atoms with Gasteiger partial charge in [-0.2, -0.15) is 0 Å². The predicted molar refractivity (Wildman–Crippen MR) is 125 cm³/mol. The van der Waals surface area contributed by atoms with E-state index in [0.717, 1.165) is 22.3 Å². The SMILES string of the molecule is C=CCC(NC(=O)OCC1c2ccccc2-c2ccccc21)C(=O)NCCSCC(=O)O. The zero-order chi connectivity index (χ0) is 22.9. The fourth-order valence-electron chi connectivity index (χ4n) is 3.71. The molecule has 1 aliphatic carbocycles. The van der Waals surface area contributed by atoms with Crippen LogP contribution in [0.1, 0.15) is 23.5 Å². The van der Waals surface area contributed by atoms with Crippen LogP contribution in [0.2, 0.25) is 0 Å². The highest BCUT2D eigenvalue weighted by atomic mass is 32.2. The molecule has 0 spiro atoms. The van der Waals surface area contributed by atoms with Crippen LogP contribution in [0.3, 0.4) is 0 Å². The minimum atomic E-state index is -0.900. The lowest BCUT2D eigenvalue weighted by Gasteiger charge is -2.19. The maximum absolute atomic E-state index is 12.4. The molecule has 0 saturated carbocycles. The van der Waals surface area contributed by atoms with Crippen molar-refractivity contribution in [2.75, 3.05) is 24.7 Å². The van der Waals surface area contributed by atoms with E-state index >= 15 is 0 Å². The van der Waals surface area contributed by atoms with Gasteiger partial charge in [-0.25, -0.2) is 4.79 Å². The van der Waals surface area contributed by atoms with Crippen molar-refractivity contribution in [1.29, 1.82) is 0 Å². The van der Waals surface area contributed by atoms with Gasteiger partial charge in [0.25, 0.3) is 0 Å². The smallest absolute Gasteiger partial charge is 0.407 e. The average molecular weight is 455 g/mol. The molecule has 2 amide bonds. The number of ether oxygens (including phenoxy) is 1. The molecular formula is C24H26N2O5S. The van der Waals surface area contributed by atoms with Gasteiger partial charge in [0.1, 0.15) is 12.6 Å². The number of carbonyl (C=O) groups is 3. The minimum absolute atomic E-state index is 0.0239. The predicted octanol–water partition coefficient (Wildman–Crippen LogP) is 3.40. The third kappa shape index (κ3) is 5.91. The maximum atomic E-state index is 12.4. The first-order valence-corrected chi connectivity index (χ1v) is 11.5. The summed E-state index contributed by atoms with van der Waals surface area (Å²) in [5.74, 6) is -0.892. The van der Waals surface area contributed by atoms with Crippen LogP contribution >= 0.6 is 11.8 Å². The number of hydrogen-bond acceptors (Lipinski definition) is 5. The summed E-state index contributed by atoms with van der Waals surface area (Å²) in [6.07, 6.45) is 1.12. The molecule has 3 rings (SSSR count). The van der Waals surface area contributed by atoms with Crippen LogP contribution in [0.25, 0.3) is 11.1 Å². The topological polar surface area (TPSA) is 105 Å². The highest BCUT2D eigenvalue weighted by molar-refractivity contribution is 7.99. The number of alkyl carbamates (subject to hydrolysis) is 1. The summed E-state index contributed by atoms with van der Waals surface area (Å²) < 4.78 is 5.50. The Morgan fingerprint density at radius 1 is 1.09 bits per heavy atom. The van der Waals surface area contributed by atoms with Crippen LogP contribution in [0.5, 0.6) is 0 Å². The fraction of sp³-hybridized carbons (Fsp3) is 0.292. The van der Waals surface area contributed by atoms with Crippen molar-refractivity contribution in [2.45, 2.75) is 18.4 Å². The number of nitrogens with one attached hydrogen (secondary N) is 2. The monoisotopic (exact) mass is 454 g/mol. The number of hydrogen-bond donors (Lipinski definition) is 3. The first-order chi connectivity index (χ1) is 15.5. The molecule has 0 radical (unpaired) electrons. The van der Waals surface area contributed by atoms with Crippen LogP contribution < -0.4 is 10.6 Å². The number of carboxylic acid groups (broad SMARTS) is 1. The van der Waals surface area contributed by atoms with E-state index in [1.807, 2.05) is 36.4 Å². The molecule has 2 aromatic rings. The zero-order valence-corrected chi connectivity index (χ0v) is 18.4. The molecule has 0 heterocycles. The molecule has 1 aliphatic rings. The Morgan fingerprint density at radius 3 is 2.31 bits per heavy atom. The molecule has 0 fully saturated rings. The van der Waals surface area contributed by atoms with Crippen molar-refractivity contribution in [3.05, 3.63) is 72.3 Å². The lowest BCUT2D eigenvalue weighted by Crippen LogP contribution is -2.47. The Morgan fingerprint density at radius 2 is 1.72 bits per heavy atom. The number of amides is 2. The minimum Gasteiger partial charge on any atom is -0.481 e. The molecule has 0 bridgehead atoms. The van der Waals surface area contributed by atoms with Crippen molar-refractivity contribution in [1.82, 2.24) is 10.6 Å². The lowest BCUT2D eigenvalue weighted by atomic mass is 9.98. The van der Waals surface area contributed by atoms with Gasteiger partial charge in [0.05, 0.1) is 5.75 Å². The molecule has 0 aromatic heterocycles. The molecule has 3 N–H and O–H groups in total. The lowest BCUT2D eigenvalue weighted by molar-refractivity contribution is -0.133. The molecule has 168 valence electrons. The molecule has 32 heavy (non-hydrogen) atoms.